The van der Waals surface area contributed by atoms with Crippen molar-refractivity contribution in [2.45, 2.75) is 25.8 Å². The summed E-state index contributed by atoms with van der Waals surface area (Å²) in [6.45, 7) is 4.86. The first-order valence-corrected chi connectivity index (χ1v) is 5.10. The van der Waals surface area contributed by atoms with Crippen molar-refractivity contribution in [1.29, 1.82) is 0 Å². The van der Waals surface area contributed by atoms with Gasteiger partial charge in [-0.1, -0.05) is 11.8 Å². The van der Waals surface area contributed by atoms with Gasteiger partial charge in [0.1, 0.15) is 0 Å². The van der Waals surface area contributed by atoms with Crippen molar-refractivity contribution in [3.8, 4) is 0 Å². The van der Waals surface area contributed by atoms with Crippen LogP contribution in [0.4, 0.5) is 0 Å². The number of hydrogen-bond donors (Lipinski definition) is 0. The molecule has 2 aliphatic rings. The lowest BCUT2D eigenvalue weighted by Crippen LogP contribution is -2.42. The summed E-state index contributed by atoms with van der Waals surface area (Å²) in [4.78, 5) is 17.8. The predicted molar refractivity (Wildman–Crippen MR) is 50.3 cm³/mol. The minimum Gasteiger partial charge on any atom is -0.291 e. The highest BCUT2D eigenvalue weighted by molar-refractivity contribution is 8.14. The Balaban J connectivity index is 2.34. The number of hydrogen-bond acceptors (Lipinski definition) is 3. The van der Waals surface area contributed by atoms with E-state index in [9.17, 15) is 4.79 Å². The molecule has 4 heteroatoms. The van der Waals surface area contributed by atoms with Crippen LogP contribution in [0.5, 0.6) is 0 Å². The lowest BCUT2D eigenvalue weighted by Gasteiger charge is -2.29. The van der Waals surface area contributed by atoms with Crippen molar-refractivity contribution in [3.63, 3.8) is 0 Å². The molecule has 0 radical (unpaired) electrons. The van der Waals surface area contributed by atoms with E-state index in [1.807, 2.05) is 13.8 Å². The minimum atomic E-state index is -0.180. The maximum Gasteiger partial charge on any atom is 0.230 e. The van der Waals surface area contributed by atoms with Gasteiger partial charge in [0.25, 0.3) is 0 Å². The maximum atomic E-state index is 11.5. The van der Waals surface area contributed by atoms with Crippen molar-refractivity contribution < 1.29 is 4.79 Å². The highest BCUT2D eigenvalue weighted by Gasteiger charge is 2.36. The standard InChI is InChI=1S/C8H12N2OS/c1-8(2)5-6(11)10-3-4-12-7(10)9-8/h3-5H2,1-2H3. The molecule has 1 amide bonds. The SMILES string of the molecule is CC1(C)CC(=O)N2CCSC2=N1. The van der Waals surface area contributed by atoms with Gasteiger partial charge in [0.15, 0.2) is 5.17 Å². The van der Waals surface area contributed by atoms with Gasteiger partial charge in [0, 0.05) is 12.3 Å². The summed E-state index contributed by atoms with van der Waals surface area (Å²) in [6, 6.07) is 0. The third-order valence-corrected chi connectivity index (χ3v) is 3.02. The molecule has 2 aliphatic heterocycles. The molecule has 1 fully saturated rings. The van der Waals surface area contributed by atoms with Gasteiger partial charge >= 0.3 is 0 Å². The zero-order chi connectivity index (χ0) is 8.77. The van der Waals surface area contributed by atoms with Crippen molar-refractivity contribution in [2.24, 2.45) is 4.99 Å². The second-order valence-corrected chi connectivity index (χ2v) is 4.84. The molecule has 2 rings (SSSR count). The quantitative estimate of drug-likeness (QED) is 0.564. The molecule has 0 bridgehead atoms. The van der Waals surface area contributed by atoms with E-state index in [0.717, 1.165) is 17.5 Å². The van der Waals surface area contributed by atoms with Gasteiger partial charge in [-0.2, -0.15) is 0 Å². The molecule has 0 atom stereocenters. The molecular weight excluding hydrogens is 172 g/mol. The molecule has 2 heterocycles. The van der Waals surface area contributed by atoms with E-state index in [1.165, 1.54) is 0 Å². The summed E-state index contributed by atoms with van der Waals surface area (Å²) in [5.41, 5.74) is -0.180. The zero-order valence-electron chi connectivity index (χ0n) is 7.33. The van der Waals surface area contributed by atoms with Crippen LogP contribution in [0.2, 0.25) is 0 Å². The molecule has 66 valence electrons. The number of carbonyl (C=O) groups excluding carboxylic acids is 1. The Bertz CT molecular complexity index is 260. The summed E-state index contributed by atoms with van der Waals surface area (Å²) >= 11 is 1.69. The lowest BCUT2D eigenvalue weighted by atomic mass is 10.00. The number of amidine groups is 1. The molecule has 0 aliphatic carbocycles. The van der Waals surface area contributed by atoms with E-state index < -0.39 is 0 Å². The van der Waals surface area contributed by atoms with E-state index >= 15 is 0 Å². The monoisotopic (exact) mass is 184 g/mol. The van der Waals surface area contributed by atoms with Crippen LogP contribution in [0, 0.1) is 0 Å². The Morgan fingerprint density at radius 2 is 2.33 bits per heavy atom. The van der Waals surface area contributed by atoms with Crippen LogP contribution in [0.3, 0.4) is 0 Å². The molecule has 0 aromatic heterocycles. The topological polar surface area (TPSA) is 32.7 Å². The average Bonchev–Trinajstić information content (AvgIpc) is 2.31. The van der Waals surface area contributed by atoms with E-state index in [1.54, 1.807) is 16.7 Å². The van der Waals surface area contributed by atoms with Gasteiger partial charge in [0.05, 0.1) is 12.0 Å². The zero-order valence-corrected chi connectivity index (χ0v) is 8.15. The van der Waals surface area contributed by atoms with Crippen LogP contribution in [-0.2, 0) is 4.79 Å². The number of carbonyl (C=O) groups is 1. The van der Waals surface area contributed by atoms with Gasteiger partial charge in [-0.05, 0) is 13.8 Å². The third-order valence-electron chi connectivity index (χ3n) is 2.06. The average molecular weight is 184 g/mol. The molecule has 12 heavy (non-hydrogen) atoms. The van der Waals surface area contributed by atoms with Crippen molar-refractivity contribution in [2.75, 3.05) is 12.3 Å². The molecule has 0 aromatic carbocycles. The fourth-order valence-corrected chi connectivity index (χ4v) is 2.61. The minimum absolute atomic E-state index is 0.180. The van der Waals surface area contributed by atoms with Crippen LogP contribution in [0.25, 0.3) is 0 Å². The van der Waals surface area contributed by atoms with Crippen LogP contribution < -0.4 is 0 Å². The smallest absolute Gasteiger partial charge is 0.230 e. The number of fused-ring (bicyclic) bond motifs is 1. The summed E-state index contributed by atoms with van der Waals surface area (Å²) in [5, 5.41) is 0.927. The van der Waals surface area contributed by atoms with Crippen molar-refractivity contribution >= 4 is 22.8 Å². The van der Waals surface area contributed by atoms with E-state index in [4.69, 9.17) is 0 Å². The maximum absolute atomic E-state index is 11.5. The lowest BCUT2D eigenvalue weighted by molar-refractivity contribution is -0.128. The molecule has 0 aromatic rings. The number of thioether (sulfide) groups is 1. The summed E-state index contributed by atoms with van der Waals surface area (Å²) < 4.78 is 0. The second-order valence-electron chi connectivity index (χ2n) is 3.78. The summed E-state index contributed by atoms with van der Waals surface area (Å²) in [5.74, 6) is 1.23. The Morgan fingerprint density at radius 3 is 3.08 bits per heavy atom. The number of rotatable bonds is 0. The van der Waals surface area contributed by atoms with Gasteiger partial charge in [-0.3, -0.25) is 14.7 Å². The van der Waals surface area contributed by atoms with Gasteiger partial charge in [-0.25, -0.2) is 0 Å². The highest BCUT2D eigenvalue weighted by Crippen LogP contribution is 2.29. The van der Waals surface area contributed by atoms with E-state index in [-0.39, 0.29) is 11.4 Å². The molecule has 3 nitrogen and oxygen atoms in total. The number of nitrogens with zero attached hydrogens (tertiary/aromatic N) is 2. The molecular formula is C8H12N2OS. The van der Waals surface area contributed by atoms with Gasteiger partial charge in [0.2, 0.25) is 5.91 Å². The molecule has 1 saturated heterocycles. The Morgan fingerprint density at radius 1 is 1.58 bits per heavy atom. The predicted octanol–water partition coefficient (Wildman–Crippen LogP) is 1.10. The fraction of sp³-hybridized carbons (Fsp3) is 0.750. The van der Waals surface area contributed by atoms with Gasteiger partial charge < -0.3 is 0 Å². The molecule has 0 saturated carbocycles. The molecule has 0 N–H and O–H groups in total. The van der Waals surface area contributed by atoms with Crippen LogP contribution in [-0.4, -0.2) is 33.8 Å². The second kappa shape index (κ2) is 2.49. The highest BCUT2D eigenvalue weighted by atomic mass is 32.2. The van der Waals surface area contributed by atoms with Gasteiger partial charge in [-0.15, -0.1) is 0 Å². The first-order chi connectivity index (χ1) is 5.58. The normalized spacial score (nSPS) is 27.0. The fourth-order valence-electron chi connectivity index (χ4n) is 1.49. The van der Waals surface area contributed by atoms with Crippen molar-refractivity contribution in [1.82, 2.24) is 4.90 Å². The number of aliphatic imine (C=N–C) groups is 1. The Labute approximate surface area is 76.2 Å². The number of amides is 1. The molecule has 0 spiro atoms. The van der Waals surface area contributed by atoms with Crippen LogP contribution >= 0.6 is 11.8 Å². The van der Waals surface area contributed by atoms with Crippen molar-refractivity contribution in [3.05, 3.63) is 0 Å². The van der Waals surface area contributed by atoms with Crippen LogP contribution in [0.1, 0.15) is 20.3 Å². The largest absolute Gasteiger partial charge is 0.291 e. The summed E-state index contributed by atoms with van der Waals surface area (Å²) in [6.07, 6.45) is 0.553. The first kappa shape index (κ1) is 8.10. The third kappa shape index (κ3) is 1.24. The summed E-state index contributed by atoms with van der Waals surface area (Å²) in [7, 11) is 0. The Kier molecular flexibility index (Phi) is 1.68. The van der Waals surface area contributed by atoms with E-state index in [0.29, 0.717) is 6.42 Å². The molecule has 0 unspecified atom stereocenters. The van der Waals surface area contributed by atoms with Crippen LogP contribution in [0.15, 0.2) is 4.99 Å². The van der Waals surface area contributed by atoms with E-state index in [2.05, 4.69) is 4.99 Å². The Hall–Kier alpha value is -0.510. The first-order valence-electron chi connectivity index (χ1n) is 4.11.